The van der Waals surface area contributed by atoms with Gasteiger partial charge in [0.15, 0.2) is 5.78 Å². The molecule has 2 heterocycles. The number of nitrogens with two attached hydrogens (primary N) is 1. The Hall–Kier alpha value is -1.39. The normalized spacial score (nSPS) is 12.5. The molecule has 0 spiro atoms. The molecule has 18 heavy (non-hydrogen) atoms. The zero-order valence-electron chi connectivity index (χ0n) is 10.8. The minimum absolute atomic E-state index is 0. The lowest BCUT2D eigenvalue weighted by molar-refractivity contribution is 0.0968. The predicted molar refractivity (Wildman–Crippen MR) is 74.5 cm³/mol. The molecule has 0 aromatic carbocycles. The smallest absolute Gasteiger partial charge is 0.183 e. The highest BCUT2D eigenvalue weighted by molar-refractivity contribution is 6.06. The summed E-state index contributed by atoms with van der Waals surface area (Å²) in [6, 6.07) is 5.19. The number of ketones is 1. The summed E-state index contributed by atoms with van der Waals surface area (Å²) >= 11 is 0. The van der Waals surface area contributed by atoms with Gasteiger partial charge in [0.1, 0.15) is 0 Å². The fraction of sp³-hybridized carbons (Fsp3) is 0.385. The minimum atomic E-state index is -0.499. The molecule has 1 atom stereocenters. The third-order valence-corrected chi connectivity index (χ3v) is 2.77. The van der Waals surface area contributed by atoms with Gasteiger partial charge in [0.2, 0.25) is 0 Å². The van der Waals surface area contributed by atoms with E-state index in [1.807, 2.05) is 38.2 Å². The monoisotopic (exact) mass is 267 g/mol. The molecule has 2 aromatic heterocycles. The van der Waals surface area contributed by atoms with Crippen molar-refractivity contribution >= 4 is 23.7 Å². The van der Waals surface area contributed by atoms with E-state index in [9.17, 15) is 4.79 Å². The zero-order valence-corrected chi connectivity index (χ0v) is 11.6. The molecular weight excluding hydrogens is 250 g/mol. The van der Waals surface area contributed by atoms with Crippen molar-refractivity contribution in [2.45, 2.75) is 32.7 Å². The Balaban J connectivity index is 0.00000162. The maximum Gasteiger partial charge on any atom is 0.183 e. The number of hydrogen-bond donors (Lipinski definition) is 1. The Morgan fingerprint density at radius 1 is 1.33 bits per heavy atom. The SMILES string of the molecule is CC(N)C(=O)c1c(C(C)C)nn2ccccc12.Cl. The van der Waals surface area contributed by atoms with E-state index in [2.05, 4.69) is 5.10 Å². The molecule has 4 nitrogen and oxygen atoms in total. The maximum absolute atomic E-state index is 12.2. The lowest BCUT2D eigenvalue weighted by Gasteiger charge is -2.07. The predicted octanol–water partition coefficient (Wildman–Crippen LogP) is 2.41. The van der Waals surface area contributed by atoms with Gasteiger partial charge in [-0.05, 0) is 25.0 Å². The number of rotatable bonds is 3. The van der Waals surface area contributed by atoms with E-state index in [0.29, 0.717) is 5.56 Å². The molecular formula is C13H18ClN3O. The fourth-order valence-corrected chi connectivity index (χ4v) is 1.90. The summed E-state index contributed by atoms with van der Waals surface area (Å²) < 4.78 is 1.74. The zero-order chi connectivity index (χ0) is 12.6. The van der Waals surface area contributed by atoms with Crippen LogP contribution in [0.3, 0.4) is 0 Å². The summed E-state index contributed by atoms with van der Waals surface area (Å²) in [6.07, 6.45) is 1.85. The van der Waals surface area contributed by atoms with E-state index < -0.39 is 6.04 Å². The summed E-state index contributed by atoms with van der Waals surface area (Å²) in [5, 5.41) is 4.46. The average Bonchev–Trinajstić information content (AvgIpc) is 2.67. The number of pyridine rings is 1. The molecule has 0 amide bonds. The van der Waals surface area contributed by atoms with Crippen LogP contribution in [0.4, 0.5) is 0 Å². The van der Waals surface area contributed by atoms with Crippen LogP contribution in [0.2, 0.25) is 0 Å². The van der Waals surface area contributed by atoms with Crippen molar-refractivity contribution in [1.29, 1.82) is 0 Å². The van der Waals surface area contributed by atoms with Crippen molar-refractivity contribution in [3.8, 4) is 0 Å². The Morgan fingerprint density at radius 2 is 2.00 bits per heavy atom. The molecule has 0 aliphatic rings. The largest absolute Gasteiger partial charge is 0.321 e. The van der Waals surface area contributed by atoms with E-state index in [1.165, 1.54) is 0 Å². The third kappa shape index (κ3) is 2.40. The third-order valence-electron chi connectivity index (χ3n) is 2.77. The van der Waals surface area contributed by atoms with Crippen LogP contribution in [0.1, 0.15) is 42.7 Å². The van der Waals surface area contributed by atoms with Crippen LogP contribution in [0.15, 0.2) is 24.4 Å². The Bertz CT molecular complexity index is 560. The first kappa shape index (κ1) is 14.7. The molecule has 0 bridgehead atoms. The molecule has 0 fully saturated rings. The molecule has 1 unspecified atom stereocenters. The number of hydrogen-bond acceptors (Lipinski definition) is 3. The molecule has 0 saturated carbocycles. The summed E-state index contributed by atoms with van der Waals surface area (Å²) in [5.74, 6) is 0.155. The number of aromatic nitrogens is 2. The Labute approximate surface area is 113 Å². The minimum Gasteiger partial charge on any atom is -0.321 e. The second kappa shape index (κ2) is 5.50. The van der Waals surface area contributed by atoms with Crippen molar-refractivity contribution in [2.24, 2.45) is 5.73 Å². The highest BCUT2D eigenvalue weighted by Crippen LogP contribution is 2.23. The van der Waals surface area contributed by atoms with Crippen LogP contribution in [-0.2, 0) is 0 Å². The van der Waals surface area contributed by atoms with E-state index in [1.54, 1.807) is 11.4 Å². The molecule has 2 N–H and O–H groups in total. The lowest BCUT2D eigenvalue weighted by atomic mass is 9.98. The van der Waals surface area contributed by atoms with Gasteiger partial charge < -0.3 is 5.73 Å². The van der Waals surface area contributed by atoms with E-state index >= 15 is 0 Å². The highest BCUT2D eigenvalue weighted by atomic mass is 35.5. The Morgan fingerprint density at radius 3 is 2.56 bits per heavy atom. The number of nitrogens with zero attached hydrogens (tertiary/aromatic N) is 2. The van der Waals surface area contributed by atoms with E-state index in [-0.39, 0.29) is 24.1 Å². The highest BCUT2D eigenvalue weighted by Gasteiger charge is 2.23. The van der Waals surface area contributed by atoms with Crippen molar-refractivity contribution < 1.29 is 4.79 Å². The standard InChI is InChI=1S/C13H17N3O.ClH/c1-8(2)12-11(13(17)9(3)14)10-6-4-5-7-16(10)15-12;/h4-9H,14H2,1-3H3;1H. The molecule has 0 aliphatic carbocycles. The molecule has 98 valence electrons. The van der Waals surface area contributed by atoms with Gasteiger partial charge in [-0.25, -0.2) is 4.52 Å². The number of carbonyl (C=O) groups is 1. The van der Waals surface area contributed by atoms with Gasteiger partial charge in [0.05, 0.1) is 22.8 Å². The first-order valence-corrected chi connectivity index (χ1v) is 5.79. The van der Waals surface area contributed by atoms with E-state index in [4.69, 9.17) is 5.73 Å². The topological polar surface area (TPSA) is 60.4 Å². The molecule has 2 aromatic rings. The Kier molecular flexibility index (Phi) is 4.48. The number of halogens is 1. The second-order valence-corrected chi connectivity index (χ2v) is 4.60. The van der Waals surface area contributed by atoms with Gasteiger partial charge in [-0.3, -0.25) is 4.79 Å². The first-order valence-electron chi connectivity index (χ1n) is 5.79. The lowest BCUT2D eigenvalue weighted by Crippen LogP contribution is -2.27. The summed E-state index contributed by atoms with van der Waals surface area (Å²) in [5.41, 5.74) is 8.01. The molecule has 2 rings (SSSR count). The van der Waals surface area contributed by atoms with Crippen molar-refractivity contribution in [3.05, 3.63) is 35.7 Å². The van der Waals surface area contributed by atoms with Crippen LogP contribution in [0.25, 0.3) is 5.52 Å². The van der Waals surface area contributed by atoms with E-state index in [0.717, 1.165) is 11.2 Å². The number of Topliss-reactive ketones (excluding diaryl/α,β-unsaturated/α-hetero) is 1. The van der Waals surface area contributed by atoms with Gasteiger partial charge in [0.25, 0.3) is 0 Å². The molecule has 0 radical (unpaired) electrons. The van der Waals surface area contributed by atoms with Crippen LogP contribution >= 0.6 is 12.4 Å². The molecule has 0 aliphatic heterocycles. The quantitative estimate of drug-likeness (QED) is 0.869. The van der Waals surface area contributed by atoms with Crippen LogP contribution in [0.5, 0.6) is 0 Å². The number of carbonyl (C=O) groups excluding carboxylic acids is 1. The van der Waals surface area contributed by atoms with Crippen LogP contribution in [-0.4, -0.2) is 21.4 Å². The maximum atomic E-state index is 12.2. The fourth-order valence-electron chi connectivity index (χ4n) is 1.90. The van der Waals surface area contributed by atoms with Crippen molar-refractivity contribution in [3.63, 3.8) is 0 Å². The average molecular weight is 268 g/mol. The van der Waals surface area contributed by atoms with Crippen molar-refractivity contribution in [2.75, 3.05) is 0 Å². The molecule has 0 saturated heterocycles. The van der Waals surface area contributed by atoms with Crippen molar-refractivity contribution in [1.82, 2.24) is 9.61 Å². The van der Waals surface area contributed by atoms with Crippen LogP contribution in [0, 0.1) is 0 Å². The number of fused-ring (bicyclic) bond motifs is 1. The first-order chi connectivity index (χ1) is 8.02. The van der Waals surface area contributed by atoms with Crippen LogP contribution < -0.4 is 5.73 Å². The summed E-state index contributed by atoms with van der Waals surface area (Å²) in [4.78, 5) is 12.2. The van der Waals surface area contributed by atoms with Gasteiger partial charge >= 0.3 is 0 Å². The van der Waals surface area contributed by atoms with Gasteiger partial charge in [-0.15, -0.1) is 12.4 Å². The van der Waals surface area contributed by atoms with Gasteiger partial charge in [0, 0.05) is 6.20 Å². The van der Waals surface area contributed by atoms with Gasteiger partial charge in [-0.1, -0.05) is 19.9 Å². The van der Waals surface area contributed by atoms with Gasteiger partial charge in [-0.2, -0.15) is 5.10 Å². The molecule has 5 heteroatoms. The second-order valence-electron chi connectivity index (χ2n) is 4.60. The summed E-state index contributed by atoms with van der Waals surface area (Å²) in [7, 11) is 0. The summed E-state index contributed by atoms with van der Waals surface area (Å²) in [6.45, 7) is 5.76.